The van der Waals surface area contributed by atoms with Crippen LogP contribution in [0.25, 0.3) is 0 Å². The van der Waals surface area contributed by atoms with Gasteiger partial charge in [0.05, 0.1) is 11.8 Å². The van der Waals surface area contributed by atoms with Crippen LogP contribution in [0.4, 0.5) is 11.4 Å². The third-order valence-corrected chi connectivity index (χ3v) is 4.08. The van der Waals surface area contributed by atoms with Crippen molar-refractivity contribution in [1.29, 1.82) is 0 Å². The topological polar surface area (TPSA) is 88.6 Å². The first-order chi connectivity index (χ1) is 11.1. The molecule has 0 radical (unpaired) electrons. The van der Waals surface area contributed by atoms with Crippen molar-refractivity contribution in [2.45, 2.75) is 25.8 Å². The van der Waals surface area contributed by atoms with Crippen LogP contribution < -0.4 is 16.0 Å². The minimum atomic E-state index is -0.391. The second-order valence-corrected chi connectivity index (χ2v) is 5.57. The van der Waals surface area contributed by atoms with Gasteiger partial charge in [-0.2, -0.15) is 0 Å². The van der Waals surface area contributed by atoms with E-state index in [4.69, 9.17) is 10.2 Å². The van der Waals surface area contributed by atoms with Gasteiger partial charge in [-0.05, 0) is 42.7 Å². The van der Waals surface area contributed by atoms with Crippen molar-refractivity contribution in [1.82, 2.24) is 0 Å². The first-order valence-electron chi connectivity index (χ1n) is 7.63. The van der Waals surface area contributed by atoms with Crippen LogP contribution in [0.5, 0.6) is 0 Å². The molecule has 3 N–H and O–H groups in total. The van der Waals surface area contributed by atoms with Crippen molar-refractivity contribution < 1.29 is 14.0 Å². The molecule has 1 aliphatic heterocycles. The number of primary amides is 1. The van der Waals surface area contributed by atoms with Gasteiger partial charge >= 0.3 is 0 Å². The molecule has 0 unspecified atom stereocenters. The summed E-state index contributed by atoms with van der Waals surface area (Å²) < 4.78 is 4.98. The highest BCUT2D eigenvalue weighted by Gasteiger charge is 2.26. The highest BCUT2D eigenvalue weighted by Crippen LogP contribution is 2.32. The van der Waals surface area contributed by atoms with Gasteiger partial charge in [-0.15, -0.1) is 0 Å². The summed E-state index contributed by atoms with van der Waals surface area (Å²) in [5.74, 6) is -0.438. The molecule has 0 saturated carbocycles. The first kappa shape index (κ1) is 15.1. The van der Waals surface area contributed by atoms with Crippen molar-refractivity contribution in [2.24, 2.45) is 5.73 Å². The molecule has 2 heterocycles. The predicted molar refractivity (Wildman–Crippen MR) is 87.4 cm³/mol. The molecule has 3 rings (SSSR count). The van der Waals surface area contributed by atoms with E-state index in [0.717, 1.165) is 23.4 Å². The number of fused-ring (bicyclic) bond motifs is 1. The van der Waals surface area contributed by atoms with Crippen LogP contribution in [-0.4, -0.2) is 24.4 Å². The minimum Gasteiger partial charge on any atom is -0.472 e. The molecule has 0 spiro atoms. The molecule has 120 valence electrons. The number of nitrogens with one attached hydrogen (secondary N) is 1. The van der Waals surface area contributed by atoms with Crippen molar-refractivity contribution in [3.05, 3.63) is 47.9 Å². The van der Waals surface area contributed by atoms with E-state index in [0.29, 0.717) is 18.5 Å². The molecule has 1 aromatic carbocycles. The van der Waals surface area contributed by atoms with Gasteiger partial charge in [-0.1, -0.05) is 6.92 Å². The van der Waals surface area contributed by atoms with Gasteiger partial charge in [0.25, 0.3) is 5.91 Å². The SMILES string of the molecule is CC[C@@H](Nc1ccc2c(c1)CCN2C(=O)c1ccoc1)C(N)=O. The Bertz CT molecular complexity index is 725. The van der Waals surface area contributed by atoms with Crippen molar-refractivity contribution >= 4 is 23.2 Å². The number of carbonyl (C=O) groups excluding carboxylic acids is 2. The number of amides is 2. The van der Waals surface area contributed by atoms with E-state index < -0.39 is 6.04 Å². The van der Waals surface area contributed by atoms with Gasteiger partial charge in [0.15, 0.2) is 0 Å². The largest absolute Gasteiger partial charge is 0.472 e. The quantitative estimate of drug-likeness (QED) is 0.885. The van der Waals surface area contributed by atoms with Gasteiger partial charge in [-0.25, -0.2) is 0 Å². The molecule has 0 fully saturated rings. The Morgan fingerprint density at radius 3 is 2.87 bits per heavy atom. The number of anilines is 2. The molecular weight excluding hydrogens is 294 g/mol. The van der Waals surface area contributed by atoms with Crippen LogP contribution in [-0.2, 0) is 11.2 Å². The molecule has 2 aromatic rings. The molecule has 23 heavy (non-hydrogen) atoms. The van der Waals surface area contributed by atoms with Crippen LogP contribution in [0.2, 0.25) is 0 Å². The molecule has 0 bridgehead atoms. The summed E-state index contributed by atoms with van der Waals surface area (Å²) in [6.07, 6.45) is 4.35. The van der Waals surface area contributed by atoms with Crippen LogP contribution in [0.15, 0.2) is 41.2 Å². The van der Waals surface area contributed by atoms with Crippen LogP contribution in [0.1, 0.15) is 29.3 Å². The zero-order valence-electron chi connectivity index (χ0n) is 12.9. The number of nitrogens with two attached hydrogens (primary N) is 1. The maximum Gasteiger partial charge on any atom is 0.261 e. The Morgan fingerprint density at radius 2 is 2.22 bits per heavy atom. The minimum absolute atomic E-state index is 0.0678. The number of furan rings is 1. The fraction of sp³-hybridized carbons (Fsp3) is 0.294. The number of carbonyl (C=O) groups is 2. The van der Waals surface area contributed by atoms with Gasteiger partial charge in [0.1, 0.15) is 12.3 Å². The van der Waals surface area contributed by atoms with E-state index in [2.05, 4.69) is 5.32 Å². The van der Waals surface area contributed by atoms with E-state index in [-0.39, 0.29) is 11.8 Å². The van der Waals surface area contributed by atoms with Gasteiger partial charge in [0.2, 0.25) is 5.91 Å². The van der Waals surface area contributed by atoms with Gasteiger partial charge in [-0.3, -0.25) is 9.59 Å². The van der Waals surface area contributed by atoms with Crippen LogP contribution in [0, 0.1) is 0 Å². The number of hydrogen-bond acceptors (Lipinski definition) is 4. The second kappa shape index (κ2) is 6.16. The molecule has 2 amide bonds. The fourth-order valence-electron chi connectivity index (χ4n) is 2.82. The summed E-state index contributed by atoms with van der Waals surface area (Å²) in [6, 6.07) is 7.01. The molecule has 1 aromatic heterocycles. The lowest BCUT2D eigenvalue weighted by Crippen LogP contribution is -2.34. The lowest BCUT2D eigenvalue weighted by Gasteiger charge is -2.18. The Morgan fingerprint density at radius 1 is 1.39 bits per heavy atom. The second-order valence-electron chi connectivity index (χ2n) is 5.57. The average molecular weight is 313 g/mol. The van der Waals surface area contributed by atoms with Crippen LogP contribution >= 0.6 is 0 Å². The first-order valence-corrected chi connectivity index (χ1v) is 7.63. The zero-order chi connectivity index (χ0) is 16.4. The van der Waals surface area contributed by atoms with Gasteiger partial charge < -0.3 is 20.4 Å². The molecule has 0 saturated heterocycles. The third kappa shape index (κ3) is 2.92. The molecular formula is C17H19N3O3. The fourth-order valence-corrected chi connectivity index (χ4v) is 2.82. The van der Waals surface area contributed by atoms with E-state index in [1.807, 2.05) is 25.1 Å². The third-order valence-electron chi connectivity index (χ3n) is 4.08. The number of benzene rings is 1. The summed E-state index contributed by atoms with van der Waals surface area (Å²) in [7, 11) is 0. The summed E-state index contributed by atoms with van der Waals surface area (Å²) >= 11 is 0. The Hall–Kier alpha value is -2.76. The van der Waals surface area contributed by atoms with Gasteiger partial charge in [0, 0.05) is 17.9 Å². The summed E-state index contributed by atoms with van der Waals surface area (Å²) in [5.41, 5.74) is 8.71. The summed E-state index contributed by atoms with van der Waals surface area (Å²) in [4.78, 5) is 25.5. The monoisotopic (exact) mass is 313 g/mol. The standard InChI is InChI=1S/C17H19N3O3/c1-2-14(16(18)21)19-13-3-4-15-11(9-13)5-7-20(15)17(22)12-6-8-23-10-12/h3-4,6,8-10,14,19H,2,5,7H2,1H3,(H2,18,21)/t14-/m1/s1. The number of rotatable bonds is 5. The molecule has 6 heteroatoms. The van der Waals surface area contributed by atoms with E-state index >= 15 is 0 Å². The summed E-state index contributed by atoms with van der Waals surface area (Å²) in [5, 5.41) is 3.14. The van der Waals surface area contributed by atoms with Crippen molar-refractivity contribution in [3.8, 4) is 0 Å². The summed E-state index contributed by atoms with van der Waals surface area (Å²) in [6.45, 7) is 2.54. The molecule has 1 aliphatic rings. The normalized spacial score (nSPS) is 14.4. The van der Waals surface area contributed by atoms with Crippen LogP contribution in [0.3, 0.4) is 0 Å². The number of nitrogens with zero attached hydrogens (tertiary/aromatic N) is 1. The van der Waals surface area contributed by atoms with Crippen molar-refractivity contribution in [3.63, 3.8) is 0 Å². The lowest BCUT2D eigenvalue weighted by molar-refractivity contribution is -0.118. The smallest absolute Gasteiger partial charge is 0.261 e. The molecule has 1 atom stereocenters. The van der Waals surface area contributed by atoms with E-state index in [1.165, 1.54) is 12.5 Å². The Kier molecular flexibility index (Phi) is 4.06. The Labute approximate surface area is 134 Å². The predicted octanol–water partition coefficient (Wildman–Crippen LogP) is 2.16. The average Bonchev–Trinajstić information content (AvgIpc) is 3.20. The highest BCUT2D eigenvalue weighted by molar-refractivity contribution is 6.07. The maximum atomic E-state index is 12.5. The lowest BCUT2D eigenvalue weighted by atomic mass is 10.1. The van der Waals surface area contributed by atoms with E-state index in [1.54, 1.807) is 11.0 Å². The molecule has 6 nitrogen and oxygen atoms in total. The van der Waals surface area contributed by atoms with Crippen molar-refractivity contribution in [2.75, 3.05) is 16.8 Å². The number of hydrogen-bond donors (Lipinski definition) is 2. The zero-order valence-corrected chi connectivity index (χ0v) is 12.9. The maximum absolute atomic E-state index is 12.5. The highest BCUT2D eigenvalue weighted by atomic mass is 16.3. The van der Waals surface area contributed by atoms with E-state index in [9.17, 15) is 9.59 Å². The molecule has 0 aliphatic carbocycles. The Balaban J connectivity index is 1.80.